The average Bonchev–Trinajstić information content (AvgIpc) is 3.10. The van der Waals surface area contributed by atoms with Crippen molar-refractivity contribution in [2.45, 2.75) is 11.8 Å². The number of nitriles is 2. The van der Waals surface area contributed by atoms with Gasteiger partial charge in [-0.2, -0.15) is 10.5 Å². The molecule has 0 radical (unpaired) electrons. The number of halogens is 2. The van der Waals surface area contributed by atoms with Crippen LogP contribution in [-0.4, -0.2) is 26.0 Å². The van der Waals surface area contributed by atoms with Crippen LogP contribution in [0.1, 0.15) is 11.5 Å². The molecule has 2 N–H and O–H groups in total. The summed E-state index contributed by atoms with van der Waals surface area (Å²) in [7, 11) is 2.71. The first kappa shape index (κ1) is 16.0. The first-order chi connectivity index (χ1) is 10.9. The van der Waals surface area contributed by atoms with Crippen LogP contribution < -0.4 is 5.73 Å². The molecular formula is C15H12Cl2N4O2. The summed E-state index contributed by atoms with van der Waals surface area (Å²) in [5.41, 5.74) is 3.81. The molecule has 0 saturated heterocycles. The molecule has 0 unspecified atom stereocenters. The van der Waals surface area contributed by atoms with E-state index in [1.165, 1.54) is 14.2 Å². The molecule has 3 rings (SSSR count). The molecule has 0 aromatic heterocycles. The predicted molar refractivity (Wildman–Crippen MR) is 83.7 cm³/mol. The third-order valence-corrected chi connectivity index (χ3v) is 5.32. The van der Waals surface area contributed by atoms with Gasteiger partial charge in [0.25, 0.3) is 5.91 Å². The fraction of sp³-hybridized carbons (Fsp3) is 0.400. The summed E-state index contributed by atoms with van der Waals surface area (Å²) in [5, 5.41) is 20.5. The number of methoxy groups -OCH3 is 2. The lowest BCUT2D eigenvalue weighted by Crippen LogP contribution is -2.41. The lowest BCUT2D eigenvalue weighted by Gasteiger charge is -2.29. The molecule has 0 spiro atoms. The smallest absolute Gasteiger partial charge is 0.292 e. The Morgan fingerprint density at radius 2 is 1.87 bits per heavy atom. The topological polar surface area (TPSA) is 104 Å². The number of amidine groups is 1. The summed E-state index contributed by atoms with van der Waals surface area (Å²) in [6.07, 6.45) is 0. The minimum absolute atomic E-state index is 0.00117. The minimum atomic E-state index is -1.66. The Morgan fingerprint density at radius 1 is 1.22 bits per heavy atom. The van der Waals surface area contributed by atoms with E-state index in [2.05, 4.69) is 17.1 Å². The predicted octanol–water partition coefficient (Wildman–Crippen LogP) is 2.43. The molecule has 8 heteroatoms. The SMILES string of the molecule is COC1(OC)N=C(N)[C@@]2(C#N)[C@H](c3ccc(Cl)cc3Cl)[C@@]12C#N. The van der Waals surface area contributed by atoms with E-state index in [1.54, 1.807) is 18.2 Å². The monoisotopic (exact) mass is 350 g/mol. The van der Waals surface area contributed by atoms with Gasteiger partial charge in [-0.05, 0) is 17.7 Å². The van der Waals surface area contributed by atoms with Gasteiger partial charge in [0.05, 0.1) is 12.1 Å². The summed E-state index contributed by atoms with van der Waals surface area (Å²) in [4.78, 5) is 4.13. The normalized spacial score (nSPS) is 33.3. The molecule has 1 heterocycles. The lowest BCUT2D eigenvalue weighted by molar-refractivity contribution is -0.230. The summed E-state index contributed by atoms with van der Waals surface area (Å²) < 4.78 is 10.8. The van der Waals surface area contributed by atoms with Crippen molar-refractivity contribution in [3.8, 4) is 12.1 Å². The van der Waals surface area contributed by atoms with E-state index in [4.69, 9.17) is 38.4 Å². The molecule has 6 nitrogen and oxygen atoms in total. The molecule has 1 aliphatic carbocycles. The fourth-order valence-electron chi connectivity index (χ4n) is 3.72. The summed E-state index contributed by atoms with van der Waals surface area (Å²) in [5.74, 6) is -2.29. The Hall–Kier alpha value is -1.83. The van der Waals surface area contributed by atoms with E-state index in [1.807, 2.05) is 0 Å². The first-order valence-corrected chi connectivity index (χ1v) is 7.40. The molecule has 1 aliphatic heterocycles. The number of aliphatic imine (C=N–C) groups is 1. The molecule has 0 bridgehead atoms. The van der Waals surface area contributed by atoms with Gasteiger partial charge in [-0.25, -0.2) is 4.99 Å². The maximum absolute atomic E-state index is 9.90. The van der Waals surface area contributed by atoms with Gasteiger partial charge < -0.3 is 15.2 Å². The van der Waals surface area contributed by atoms with Crippen LogP contribution in [0.5, 0.6) is 0 Å². The van der Waals surface area contributed by atoms with Gasteiger partial charge in [-0.15, -0.1) is 0 Å². The van der Waals surface area contributed by atoms with Crippen LogP contribution in [-0.2, 0) is 9.47 Å². The van der Waals surface area contributed by atoms with Crippen LogP contribution >= 0.6 is 23.2 Å². The Kier molecular flexibility index (Phi) is 3.37. The van der Waals surface area contributed by atoms with Gasteiger partial charge in [0.1, 0.15) is 11.3 Å². The average molecular weight is 351 g/mol. The number of nitrogens with two attached hydrogens (primary N) is 1. The van der Waals surface area contributed by atoms with Crippen LogP contribution in [0.15, 0.2) is 23.2 Å². The highest BCUT2D eigenvalue weighted by atomic mass is 35.5. The van der Waals surface area contributed by atoms with Crippen LogP contribution in [0.3, 0.4) is 0 Å². The molecule has 118 valence electrons. The largest absolute Gasteiger partial charge is 0.386 e. The van der Waals surface area contributed by atoms with E-state index < -0.39 is 22.7 Å². The molecule has 1 aromatic rings. The Bertz CT molecular complexity index is 809. The van der Waals surface area contributed by atoms with E-state index in [0.717, 1.165) is 0 Å². The number of hydrogen-bond donors (Lipinski definition) is 1. The zero-order chi connectivity index (χ0) is 17.0. The molecule has 1 saturated carbocycles. The van der Waals surface area contributed by atoms with Crippen LogP contribution in [0.25, 0.3) is 0 Å². The van der Waals surface area contributed by atoms with Crippen LogP contribution in [0, 0.1) is 33.5 Å². The number of nitrogens with zero attached hydrogens (tertiary/aromatic N) is 3. The molecular weight excluding hydrogens is 339 g/mol. The number of hydrogen-bond acceptors (Lipinski definition) is 6. The van der Waals surface area contributed by atoms with Crippen LogP contribution in [0.2, 0.25) is 10.0 Å². The maximum atomic E-state index is 9.90. The number of benzene rings is 1. The second-order valence-electron chi connectivity index (χ2n) is 5.43. The highest BCUT2D eigenvalue weighted by Crippen LogP contribution is 2.82. The second kappa shape index (κ2) is 4.83. The van der Waals surface area contributed by atoms with Gasteiger partial charge in [0.15, 0.2) is 5.41 Å². The lowest BCUT2D eigenvalue weighted by atomic mass is 9.93. The summed E-state index contributed by atoms with van der Waals surface area (Å²) in [6.45, 7) is 0. The number of rotatable bonds is 3. The van der Waals surface area contributed by atoms with Crippen molar-refractivity contribution < 1.29 is 9.47 Å². The quantitative estimate of drug-likeness (QED) is 0.842. The summed E-state index contributed by atoms with van der Waals surface area (Å²) in [6, 6.07) is 9.17. The third-order valence-electron chi connectivity index (χ3n) is 4.75. The van der Waals surface area contributed by atoms with Crippen molar-refractivity contribution in [3.63, 3.8) is 0 Å². The van der Waals surface area contributed by atoms with Gasteiger partial charge in [-0.3, -0.25) is 0 Å². The Labute approximate surface area is 143 Å². The van der Waals surface area contributed by atoms with Gasteiger partial charge in [-0.1, -0.05) is 29.3 Å². The van der Waals surface area contributed by atoms with Crippen molar-refractivity contribution in [1.29, 1.82) is 10.5 Å². The zero-order valence-electron chi connectivity index (χ0n) is 12.3. The molecule has 1 aromatic carbocycles. The van der Waals surface area contributed by atoms with E-state index in [9.17, 15) is 10.5 Å². The third kappa shape index (κ3) is 1.52. The van der Waals surface area contributed by atoms with Crippen molar-refractivity contribution in [2.75, 3.05) is 14.2 Å². The van der Waals surface area contributed by atoms with Crippen LogP contribution in [0.4, 0.5) is 0 Å². The number of ether oxygens (including phenoxy) is 2. The fourth-order valence-corrected chi connectivity index (χ4v) is 4.24. The van der Waals surface area contributed by atoms with E-state index in [-0.39, 0.29) is 5.84 Å². The molecule has 1 fully saturated rings. The highest BCUT2D eigenvalue weighted by molar-refractivity contribution is 6.35. The van der Waals surface area contributed by atoms with Gasteiger partial charge in [0.2, 0.25) is 0 Å². The second-order valence-corrected chi connectivity index (χ2v) is 6.27. The molecule has 0 amide bonds. The Morgan fingerprint density at radius 3 is 2.35 bits per heavy atom. The first-order valence-electron chi connectivity index (χ1n) is 6.64. The van der Waals surface area contributed by atoms with E-state index in [0.29, 0.717) is 15.6 Å². The Balaban J connectivity index is 2.28. The summed E-state index contributed by atoms with van der Waals surface area (Å²) >= 11 is 12.2. The standard InChI is InChI=1S/C15H12Cl2N4O2/c1-22-15(23-2)14(7-19)11(13(14,6-18)12(20)21-15)9-4-3-8(16)5-10(9)17/h3-5,11H,1-2H3,(H2,20,21)/t11-,13+,14+/m0/s1. The van der Waals surface area contributed by atoms with Gasteiger partial charge >= 0.3 is 0 Å². The molecule has 2 aliphatic rings. The van der Waals surface area contributed by atoms with Crippen molar-refractivity contribution in [2.24, 2.45) is 21.6 Å². The molecule has 3 atom stereocenters. The minimum Gasteiger partial charge on any atom is -0.386 e. The van der Waals surface area contributed by atoms with Crippen molar-refractivity contribution in [3.05, 3.63) is 33.8 Å². The maximum Gasteiger partial charge on any atom is 0.292 e. The highest BCUT2D eigenvalue weighted by Gasteiger charge is 2.93. The zero-order valence-corrected chi connectivity index (χ0v) is 13.8. The number of fused-ring (bicyclic) bond motifs is 1. The van der Waals surface area contributed by atoms with Gasteiger partial charge in [0, 0.05) is 30.2 Å². The molecule has 23 heavy (non-hydrogen) atoms. The van der Waals surface area contributed by atoms with Crippen molar-refractivity contribution in [1.82, 2.24) is 0 Å². The van der Waals surface area contributed by atoms with Crippen molar-refractivity contribution >= 4 is 29.0 Å². The van der Waals surface area contributed by atoms with E-state index >= 15 is 0 Å².